The minimum atomic E-state index is -1.36. The van der Waals surface area contributed by atoms with Crippen molar-refractivity contribution in [1.29, 1.82) is 0 Å². The lowest BCUT2D eigenvalue weighted by Gasteiger charge is -2.42. The first-order chi connectivity index (χ1) is 63.3. The summed E-state index contributed by atoms with van der Waals surface area (Å²) in [5.41, 5.74) is 17.5. The van der Waals surface area contributed by atoms with Crippen molar-refractivity contribution < 1.29 is 77.8 Å². The molecular weight excluding hydrogens is 1770 g/mol. The van der Waals surface area contributed by atoms with Gasteiger partial charge >= 0.3 is 4.96 Å². The zero-order valence-corrected chi connectivity index (χ0v) is 80.3. The van der Waals surface area contributed by atoms with Crippen LogP contribution in [0.3, 0.4) is 0 Å². The van der Waals surface area contributed by atoms with Crippen LogP contribution < -0.4 is 9.47 Å². The molecule has 131 heavy (non-hydrogen) atoms. The number of carbonyl (C=O) groups excluding carboxylic acids is 2. The summed E-state index contributed by atoms with van der Waals surface area (Å²) in [6, 6.07) is 84.1. The molecule has 0 spiro atoms. The summed E-state index contributed by atoms with van der Waals surface area (Å²) in [7, 11) is 3.37. The maximum Gasteiger partial charge on any atom is 0.450 e. The number of methoxy groups -OCH3 is 2. The van der Waals surface area contributed by atoms with Gasteiger partial charge in [-0.1, -0.05) is 196 Å². The van der Waals surface area contributed by atoms with E-state index >= 15 is 0 Å². The number of aliphatic hydroxyl groups is 3. The Bertz CT molecular complexity index is 5970. The third-order valence-corrected chi connectivity index (χ3v) is 27.9. The number of benzene rings is 11. The molecule has 5 N–H and O–H groups in total. The second-order valence-electron chi connectivity index (χ2n) is 33.4. The summed E-state index contributed by atoms with van der Waals surface area (Å²) < 4.78 is 61.0. The molecule has 3 saturated heterocycles. The summed E-state index contributed by atoms with van der Waals surface area (Å²) in [6.07, 6.45) is -1.91. The number of halogens is 3. The van der Waals surface area contributed by atoms with Gasteiger partial charge in [-0.25, -0.2) is 0 Å². The Morgan fingerprint density at radius 3 is 1.23 bits per heavy atom. The molecule has 3 aromatic heterocycles. The highest BCUT2D eigenvalue weighted by molar-refractivity contribution is 7.54. The number of aryl methyl sites for hydroxylation is 4. The number of phenolic OH excluding ortho intramolecular Hbond substituents is 2. The van der Waals surface area contributed by atoms with Gasteiger partial charge in [0, 0.05) is 56.3 Å². The van der Waals surface area contributed by atoms with Crippen LogP contribution >= 0.6 is 68.4 Å². The molecule has 17 rings (SSSR count). The highest BCUT2D eigenvalue weighted by Gasteiger charge is 2.45. The van der Waals surface area contributed by atoms with E-state index in [1.807, 2.05) is 134 Å². The Balaban J connectivity index is 0.000000157. The first-order valence-corrected chi connectivity index (χ1v) is 48.0. The highest BCUT2D eigenvalue weighted by atomic mass is 35.6. The third-order valence-electron chi connectivity index (χ3n) is 24.5. The van der Waals surface area contributed by atoms with Gasteiger partial charge in [-0.3, -0.25) is 9.59 Å². The number of hydrogen-bond acceptors (Lipinski definition) is 19. The predicted molar refractivity (Wildman–Crippen MR) is 530 cm³/mol. The number of fused-ring (bicyclic) bond motifs is 3. The zero-order valence-electron chi connectivity index (χ0n) is 75.6. The third kappa shape index (κ3) is 25.5. The Labute approximate surface area is 795 Å². The fourth-order valence-electron chi connectivity index (χ4n) is 16.9. The smallest absolute Gasteiger partial charge is 0.450 e. The van der Waals surface area contributed by atoms with Crippen molar-refractivity contribution in [3.63, 3.8) is 0 Å². The van der Waals surface area contributed by atoms with Gasteiger partial charge in [0.05, 0.1) is 105 Å². The summed E-state index contributed by atoms with van der Waals surface area (Å²) in [4.78, 5) is 28.7. The van der Waals surface area contributed by atoms with E-state index in [0.717, 1.165) is 114 Å². The standard InChI is InChI=1S/C38H38O5S.C38H40O4S.C21H20O7S.C11H16.BCl3/c1-4-29-21-33(41-23-26-13-7-5-8-14-26)38(42-24-27-15-9-6-10-16-27)37(43-29)30-22-31(32(40-3)19-25(30)2)36(39)35-20-28-17-11-12-18-34(28)44-35;1-4-31-23-35(40-24-27-13-7-5-8-14-27)38(41-25-28-15-9-6-10-16-28)37(42-31)33-22-30(34(39-3)19-26(33)2)21-32-20-29-17-11-12-18-36(29)43-32;22-9-11-6-16(25)20(27)21(28-11)13-7-12(14(23)8-15(13)24)19(26)18-5-10-3-1-2-4-17(10)29-18;1-7-6-8(2)10(4)11(5)9(7)3;2-1(3)4/h5-20,22,29,33,37-38H,4,21,23-24H2,1-3H3;5-20,22,31,35,37-38H,4,21,23-25H2,1-3H3;1-5,7-8,11,16,20-25,27H,6,9H2;6H,1-5H3;/t29-,33+,37+,38-;31-,35+,37+,38-;11-,16-,20+,21-;;/m110../s1. The van der Waals surface area contributed by atoms with Crippen molar-refractivity contribution in [2.75, 3.05) is 20.8 Å². The lowest BCUT2D eigenvalue weighted by Crippen LogP contribution is -2.46. The van der Waals surface area contributed by atoms with Crippen molar-refractivity contribution in [3.05, 3.63) is 364 Å². The minimum absolute atomic E-state index is 0.0133. The molecular formula is C108H114BCl3O16S3. The van der Waals surface area contributed by atoms with Gasteiger partial charge in [0.2, 0.25) is 11.6 Å². The van der Waals surface area contributed by atoms with Crippen LogP contribution in [0, 0.1) is 48.5 Å². The van der Waals surface area contributed by atoms with Crippen LogP contribution in [0.4, 0.5) is 0 Å². The molecule has 12 atom stereocenters. The second-order valence-corrected chi connectivity index (χ2v) is 38.7. The van der Waals surface area contributed by atoms with Crippen molar-refractivity contribution in [2.24, 2.45) is 0 Å². The largest absolute Gasteiger partial charge is 0.507 e. The SMILES string of the molecule is CC[C@@H]1C[C@H](OCc2ccccc2)[C@@H](OCc2ccccc2)[C@H](c2cc(C(=O)c3cc4ccccc4s3)c(OC)cc2C)O1.CC[C@@H]1C[C@H](OCc2ccccc2)[C@@H](OCc2ccccc2)[C@H](c2cc(Cc3cc4ccccc4s3)c(OC)cc2C)O1.Cc1cc(C)c(C)c(C)c1C.ClB(Cl)Cl.O=C(c1cc2ccccc2s1)c1cc([C@@H]2O[C@H](CO)C[C@H](O)[C@H]2O)c(O)cc1O. The molecule has 3 fully saturated rings. The summed E-state index contributed by atoms with van der Waals surface area (Å²) in [5.74, 6) is 0.166. The van der Waals surface area contributed by atoms with E-state index in [1.165, 1.54) is 71.5 Å². The maximum absolute atomic E-state index is 14.0. The molecule has 11 aromatic carbocycles. The van der Waals surface area contributed by atoms with Crippen LogP contribution in [0.15, 0.2) is 255 Å². The van der Waals surface area contributed by atoms with Gasteiger partial charge in [-0.05, 0) is 222 Å². The van der Waals surface area contributed by atoms with Crippen LogP contribution in [0.5, 0.6) is 23.0 Å². The number of phenols is 2. The molecule has 0 unspecified atom stereocenters. The molecule has 14 aromatic rings. The molecule has 0 amide bonds. The average Bonchev–Trinajstić information content (AvgIpc) is 1.69. The normalized spacial score (nSPS) is 19.9. The van der Waals surface area contributed by atoms with E-state index < -0.39 is 47.0 Å². The summed E-state index contributed by atoms with van der Waals surface area (Å²) in [5, 5.41) is 53.5. The topological polar surface area (TPSA) is 218 Å². The van der Waals surface area contributed by atoms with E-state index in [9.17, 15) is 35.1 Å². The van der Waals surface area contributed by atoms with Crippen LogP contribution in [0.25, 0.3) is 30.3 Å². The number of ketones is 2. The molecule has 16 nitrogen and oxygen atoms in total. The van der Waals surface area contributed by atoms with Gasteiger partial charge in [0.15, 0.2) is 0 Å². The van der Waals surface area contributed by atoms with Crippen LogP contribution in [-0.2, 0) is 66.0 Å². The molecule has 0 aliphatic carbocycles. The van der Waals surface area contributed by atoms with E-state index in [-0.39, 0.29) is 78.4 Å². The molecule has 23 heteroatoms. The Morgan fingerprint density at radius 1 is 0.412 bits per heavy atom. The quantitative estimate of drug-likeness (QED) is 0.0251. The molecule has 0 radical (unpaired) electrons. The molecule has 3 aliphatic rings. The molecule has 0 bridgehead atoms. The Morgan fingerprint density at radius 2 is 0.802 bits per heavy atom. The van der Waals surface area contributed by atoms with Crippen LogP contribution in [-0.4, -0.2) is 118 Å². The number of aliphatic hydroxyl groups excluding tert-OH is 3. The molecule has 0 saturated carbocycles. The van der Waals surface area contributed by atoms with Gasteiger partial charge < -0.3 is 68.2 Å². The van der Waals surface area contributed by atoms with E-state index in [2.05, 4.69) is 177 Å². The monoisotopic (exact) mass is 1880 g/mol. The fourth-order valence-corrected chi connectivity index (χ4v) is 20.1. The van der Waals surface area contributed by atoms with E-state index in [4.69, 9.17) is 77.0 Å². The maximum atomic E-state index is 14.0. The summed E-state index contributed by atoms with van der Waals surface area (Å²) >= 11 is 19.0. The minimum Gasteiger partial charge on any atom is -0.507 e. The van der Waals surface area contributed by atoms with Crippen molar-refractivity contribution in [2.45, 2.75) is 201 Å². The van der Waals surface area contributed by atoms with Gasteiger partial charge in [-0.2, -0.15) is 34.4 Å². The van der Waals surface area contributed by atoms with Gasteiger partial charge in [-0.15, -0.1) is 34.0 Å². The van der Waals surface area contributed by atoms with Crippen molar-refractivity contribution >= 4 is 115 Å². The fraction of sp³-hybridized carbons (Fsp3) is 0.315. The summed E-state index contributed by atoms with van der Waals surface area (Å²) in [6.45, 7) is 21.0. The van der Waals surface area contributed by atoms with Crippen LogP contribution in [0.2, 0.25) is 0 Å². The Hall–Kier alpha value is -9.63. The number of carbonyl (C=O) groups is 2. The highest BCUT2D eigenvalue weighted by Crippen LogP contribution is 2.46. The molecule has 6 heterocycles. The number of hydrogen-bond donors (Lipinski definition) is 5. The first kappa shape index (κ1) is 98.9. The average molecular weight is 1880 g/mol. The number of rotatable bonds is 26. The van der Waals surface area contributed by atoms with Crippen molar-refractivity contribution in [1.82, 2.24) is 0 Å². The van der Waals surface area contributed by atoms with E-state index in [1.54, 1.807) is 20.3 Å². The van der Waals surface area contributed by atoms with Crippen molar-refractivity contribution in [3.8, 4) is 23.0 Å². The number of aromatic hydroxyl groups is 2. The first-order valence-electron chi connectivity index (χ1n) is 44.3. The number of ether oxygens (including phenoxy) is 9. The lowest BCUT2D eigenvalue weighted by molar-refractivity contribution is -0.211. The lowest BCUT2D eigenvalue weighted by atomic mass is 9.88. The van der Waals surface area contributed by atoms with Crippen LogP contribution in [0.1, 0.15) is 183 Å². The number of thiophene rings is 3. The van der Waals surface area contributed by atoms with Gasteiger partial charge in [0.25, 0.3) is 0 Å². The zero-order chi connectivity index (χ0) is 92.9. The molecule has 3 aliphatic heterocycles. The Kier molecular flexibility index (Phi) is 35.7. The second kappa shape index (κ2) is 47.3. The van der Waals surface area contributed by atoms with Gasteiger partial charge in [0.1, 0.15) is 59.6 Å². The van der Waals surface area contributed by atoms with E-state index in [0.29, 0.717) is 47.5 Å². The predicted octanol–water partition coefficient (Wildman–Crippen LogP) is 25.1. The molecule has 684 valence electrons.